The second kappa shape index (κ2) is 2.90. The predicted octanol–water partition coefficient (Wildman–Crippen LogP) is 1.73. The molecule has 3 aliphatic rings. The highest BCUT2D eigenvalue weighted by molar-refractivity contribution is 7.99. The van der Waals surface area contributed by atoms with Crippen molar-refractivity contribution in [2.45, 2.75) is 54.5 Å². The highest BCUT2D eigenvalue weighted by Crippen LogP contribution is 2.43. The Kier molecular flexibility index (Phi) is 1.63. The molecule has 0 amide bonds. The van der Waals surface area contributed by atoms with E-state index in [1.54, 1.807) is 0 Å². The van der Waals surface area contributed by atoms with Gasteiger partial charge in [0.05, 0.1) is 6.04 Å². The Bertz CT molecular complexity index is 398. The molecule has 5 heteroatoms. The van der Waals surface area contributed by atoms with Crippen molar-refractivity contribution in [2.24, 2.45) is 0 Å². The zero-order chi connectivity index (χ0) is 9.83. The number of thioether (sulfide) groups is 1. The maximum absolute atomic E-state index is 4.32. The Morgan fingerprint density at radius 2 is 2.13 bits per heavy atom. The summed E-state index contributed by atoms with van der Waals surface area (Å²) in [5, 5.41) is 10.4. The van der Waals surface area contributed by atoms with Gasteiger partial charge in [0.2, 0.25) is 5.16 Å². The molecular formula is C10H14N4S. The number of aromatic nitrogens is 3. The van der Waals surface area contributed by atoms with Crippen molar-refractivity contribution in [1.82, 2.24) is 14.9 Å². The van der Waals surface area contributed by atoms with Crippen molar-refractivity contribution in [3.63, 3.8) is 0 Å². The Morgan fingerprint density at radius 3 is 3.00 bits per heavy atom. The van der Waals surface area contributed by atoms with E-state index in [1.807, 2.05) is 11.8 Å². The Labute approximate surface area is 92.8 Å². The van der Waals surface area contributed by atoms with E-state index in [1.165, 1.54) is 37.9 Å². The molecule has 0 spiro atoms. The molecule has 1 aromatic heterocycles. The second-order valence-electron chi connectivity index (χ2n) is 4.77. The molecule has 2 heterocycles. The van der Waals surface area contributed by atoms with Gasteiger partial charge in [-0.3, -0.25) is 0 Å². The normalized spacial score (nSPS) is 33.3. The van der Waals surface area contributed by atoms with Gasteiger partial charge in [0.1, 0.15) is 0 Å². The number of nitrogens with one attached hydrogen (secondary N) is 1. The molecule has 0 aromatic carbocycles. The fourth-order valence-electron chi connectivity index (χ4n) is 2.60. The minimum atomic E-state index is 0.649. The monoisotopic (exact) mass is 222 g/mol. The van der Waals surface area contributed by atoms with E-state index < -0.39 is 0 Å². The topological polar surface area (TPSA) is 42.7 Å². The second-order valence-corrected chi connectivity index (χ2v) is 5.98. The first-order chi connectivity index (χ1) is 7.42. The first-order valence-electron chi connectivity index (χ1n) is 5.80. The van der Waals surface area contributed by atoms with Gasteiger partial charge in [0, 0.05) is 11.2 Å². The number of nitrogens with zero attached hydrogens (tertiary/aromatic N) is 3. The van der Waals surface area contributed by atoms with Crippen LogP contribution in [0.2, 0.25) is 0 Å². The van der Waals surface area contributed by atoms with Crippen LogP contribution in [0.3, 0.4) is 0 Å². The summed E-state index contributed by atoms with van der Waals surface area (Å²) in [6.07, 6.45) is 6.57. The van der Waals surface area contributed by atoms with E-state index in [2.05, 4.69) is 20.3 Å². The van der Waals surface area contributed by atoms with E-state index in [0.29, 0.717) is 12.0 Å². The van der Waals surface area contributed by atoms with Crippen LogP contribution in [-0.2, 0) is 0 Å². The molecule has 2 aliphatic carbocycles. The standard InChI is InChI=1S/C10H14N4S/c1-2-7-8(3-1)15-10-12-11-9(6-4-5-6)14(10)13-7/h6-8,13H,1-5H2. The summed E-state index contributed by atoms with van der Waals surface area (Å²) in [7, 11) is 0. The number of rotatable bonds is 1. The molecule has 1 aliphatic heterocycles. The molecule has 2 fully saturated rings. The third kappa shape index (κ3) is 1.22. The average Bonchev–Trinajstić information content (AvgIpc) is 2.86. The summed E-state index contributed by atoms with van der Waals surface area (Å²) < 4.78 is 2.16. The van der Waals surface area contributed by atoms with Gasteiger partial charge in [0.15, 0.2) is 5.82 Å². The van der Waals surface area contributed by atoms with Crippen molar-refractivity contribution in [3.8, 4) is 0 Å². The fraction of sp³-hybridized carbons (Fsp3) is 0.800. The lowest BCUT2D eigenvalue weighted by Crippen LogP contribution is -2.38. The van der Waals surface area contributed by atoms with Crippen molar-refractivity contribution >= 4 is 11.8 Å². The van der Waals surface area contributed by atoms with E-state index in [9.17, 15) is 0 Å². The first kappa shape index (κ1) is 8.44. The highest BCUT2D eigenvalue weighted by atomic mass is 32.2. The minimum absolute atomic E-state index is 0.649. The molecule has 0 saturated heterocycles. The van der Waals surface area contributed by atoms with Crippen LogP contribution in [0.4, 0.5) is 0 Å². The first-order valence-corrected chi connectivity index (χ1v) is 6.68. The zero-order valence-corrected chi connectivity index (χ0v) is 9.33. The summed E-state index contributed by atoms with van der Waals surface area (Å²) in [5.74, 6) is 1.85. The summed E-state index contributed by atoms with van der Waals surface area (Å²) in [6.45, 7) is 0. The number of hydrogen-bond acceptors (Lipinski definition) is 4. The van der Waals surface area contributed by atoms with Gasteiger partial charge in [-0.25, -0.2) is 4.68 Å². The smallest absolute Gasteiger partial charge is 0.210 e. The SMILES string of the molecule is C1CC2Nn3c(nnc3C3CC3)SC2C1. The number of fused-ring (bicyclic) bond motifs is 2. The Morgan fingerprint density at radius 1 is 1.20 bits per heavy atom. The molecule has 1 N–H and O–H groups in total. The molecule has 0 bridgehead atoms. The maximum Gasteiger partial charge on any atom is 0.210 e. The lowest BCUT2D eigenvalue weighted by Gasteiger charge is -2.28. The van der Waals surface area contributed by atoms with Gasteiger partial charge in [-0.2, -0.15) is 0 Å². The maximum atomic E-state index is 4.32. The summed E-state index contributed by atoms with van der Waals surface area (Å²) in [6, 6.07) is 0.649. The highest BCUT2D eigenvalue weighted by Gasteiger charge is 2.38. The van der Waals surface area contributed by atoms with Gasteiger partial charge in [0.25, 0.3) is 0 Å². The third-order valence-corrected chi connectivity index (χ3v) is 4.95. The van der Waals surface area contributed by atoms with E-state index >= 15 is 0 Å². The average molecular weight is 222 g/mol. The zero-order valence-electron chi connectivity index (χ0n) is 8.52. The minimum Gasteiger partial charge on any atom is -0.318 e. The van der Waals surface area contributed by atoms with E-state index in [4.69, 9.17) is 0 Å². The molecule has 1 aromatic rings. The van der Waals surface area contributed by atoms with Crippen LogP contribution in [0, 0.1) is 0 Å². The van der Waals surface area contributed by atoms with Crippen molar-refractivity contribution < 1.29 is 0 Å². The van der Waals surface area contributed by atoms with Crippen LogP contribution in [0.1, 0.15) is 43.8 Å². The van der Waals surface area contributed by atoms with Crippen LogP contribution in [0.25, 0.3) is 0 Å². The van der Waals surface area contributed by atoms with E-state index in [-0.39, 0.29) is 0 Å². The van der Waals surface area contributed by atoms with Gasteiger partial charge < -0.3 is 5.43 Å². The van der Waals surface area contributed by atoms with Crippen LogP contribution >= 0.6 is 11.8 Å². The summed E-state index contributed by atoms with van der Waals surface area (Å²) in [4.78, 5) is 0. The Balaban J connectivity index is 1.72. The molecule has 4 nitrogen and oxygen atoms in total. The third-order valence-electron chi connectivity index (χ3n) is 3.61. The van der Waals surface area contributed by atoms with Gasteiger partial charge >= 0.3 is 0 Å². The van der Waals surface area contributed by atoms with Gasteiger partial charge in [-0.1, -0.05) is 18.2 Å². The van der Waals surface area contributed by atoms with Crippen LogP contribution in [0.5, 0.6) is 0 Å². The Hall–Kier alpha value is -0.710. The molecule has 15 heavy (non-hydrogen) atoms. The van der Waals surface area contributed by atoms with Crippen LogP contribution < -0.4 is 5.43 Å². The molecular weight excluding hydrogens is 208 g/mol. The van der Waals surface area contributed by atoms with Crippen LogP contribution in [0.15, 0.2) is 5.16 Å². The molecule has 2 saturated carbocycles. The van der Waals surface area contributed by atoms with Crippen molar-refractivity contribution in [2.75, 3.05) is 5.43 Å². The molecule has 80 valence electrons. The van der Waals surface area contributed by atoms with Gasteiger partial charge in [-0.05, 0) is 25.7 Å². The lowest BCUT2D eigenvalue weighted by atomic mass is 10.3. The van der Waals surface area contributed by atoms with Crippen molar-refractivity contribution in [1.29, 1.82) is 0 Å². The largest absolute Gasteiger partial charge is 0.318 e. The molecule has 2 atom stereocenters. The van der Waals surface area contributed by atoms with Crippen LogP contribution in [-0.4, -0.2) is 26.2 Å². The summed E-state index contributed by atoms with van der Waals surface area (Å²) in [5.41, 5.74) is 3.60. The molecule has 4 rings (SSSR count). The lowest BCUT2D eigenvalue weighted by molar-refractivity contribution is 0.591. The van der Waals surface area contributed by atoms with E-state index in [0.717, 1.165) is 10.4 Å². The number of hydrogen-bond donors (Lipinski definition) is 1. The quantitative estimate of drug-likeness (QED) is 0.785. The summed E-state index contributed by atoms with van der Waals surface area (Å²) >= 11 is 1.92. The molecule has 2 unspecified atom stereocenters. The predicted molar refractivity (Wildman–Crippen MR) is 58.6 cm³/mol. The fourth-order valence-corrected chi connectivity index (χ4v) is 3.86. The molecule has 0 radical (unpaired) electrons. The van der Waals surface area contributed by atoms with Crippen molar-refractivity contribution in [3.05, 3.63) is 5.82 Å². The van der Waals surface area contributed by atoms with Gasteiger partial charge in [-0.15, -0.1) is 10.2 Å².